The molecule has 2 aliphatic heterocycles. The number of H-pyrrole nitrogens is 1. The normalized spacial score (nSPS) is 22.3. The summed E-state index contributed by atoms with van der Waals surface area (Å²) in [5.74, 6) is -0.654. The number of aromatic amines is 1. The highest BCUT2D eigenvalue weighted by Gasteiger charge is 2.43. The fourth-order valence-electron chi connectivity index (χ4n) is 4.74. The second-order valence-corrected chi connectivity index (χ2v) is 9.08. The molecule has 3 amide bonds. The Morgan fingerprint density at radius 1 is 1.06 bits per heavy atom. The smallest absolute Gasteiger partial charge is 0.274 e. The van der Waals surface area contributed by atoms with Crippen molar-refractivity contribution in [2.45, 2.75) is 45.1 Å². The highest BCUT2D eigenvalue weighted by molar-refractivity contribution is 6.04. The van der Waals surface area contributed by atoms with Crippen LogP contribution >= 0.6 is 0 Å². The SMILES string of the molecule is C[C@@H]1NC(=O)C2(CCCCOCCNC1=O)CCN(C(=O)c1n[nH]c(=O)c3ccccc13)CC2. The summed E-state index contributed by atoms with van der Waals surface area (Å²) < 4.78 is 5.57. The second-order valence-electron chi connectivity index (χ2n) is 9.08. The molecular formula is C24H31N5O5. The van der Waals surface area contributed by atoms with Gasteiger partial charge >= 0.3 is 0 Å². The lowest BCUT2D eigenvalue weighted by atomic mass is 9.73. The molecule has 2 fully saturated rings. The number of carbonyl (C=O) groups excluding carboxylic acids is 3. The molecule has 1 spiro atoms. The van der Waals surface area contributed by atoms with E-state index in [1.165, 1.54) is 0 Å². The number of fused-ring (bicyclic) bond motifs is 1. The molecule has 0 aliphatic carbocycles. The third-order valence-corrected chi connectivity index (χ3v) is 6.87. The number of benzene rings is 1. The molecule has 0 radical (unpaired) electrons. The van der Waals surface area contributed by atoms with Crippen LogP contribution in [-0.4, -0.2) is 71.7 Å². The largest absolute Gasteiger partial charge is 0.380 e. The zero-order chi connectivity index (χ0) is 24.1. The van der Waals surface area contributed by atoms with Gasteiger partial charge in [0, 0.05) is 31.6 Å². The Morgan fingerprint density at radius 2 is 1.79 bits per heavy atom. The summed E-state index contributed by atoms with van der Waals surface area (Å²) in [4.78, 5) is 52.7. The van der Waals surface area contributed by atoms with Gasteiger partial charge in [-0.05, 0) is 38.7 Å². The molecule has 3 N–H and O–H groups in total. The number of piperidine rings is 1. The van der Waals surface area contributed by atoms with E-state index in [1.807, 2.05) is 0 Å². The summed E-state index contributed by atoms with van der Waals surface area (Å²) in [6.07, 6.45) is 3.29. The summed E-state index contributed by atoms with van der Waals surface area (Å²) in [6.45, 7) is 3.89. The fraction of sp³-hybridized carbons (Fsp3) is 0.542. The second kappa shape index (κ2) is 10.3. The van der Waals surface area contributed by atoms with Crippen molar-refractivity contribution in [1.82, 2.24) is 25.7 Å². The predicted molar refractivity (Wildman–Crippen MR) is 125 cm³/mol. The van der Waals surface area contributed by atoms with Gasteiger partial charge in [-0.25, -0.2) is 5.10 Å². The maximum atomic E-state index is 13.3. The minimum atomic E-state index is -0.653. The zero-order valence-electron chi connectivity index (χ0n) is 19.4. The Morgan fingerprint density at radius 3 is 2.56 bits per heavy atom. The van der Waals surface area contributed by atoms with Gasteiger partial charge in [0.1, 0.15) is 6.04 Å². The van der Waals surface area contributed by atoms with Gasteiger partial charge in [0.05, 0.1) is 17.4 Å². The fourth-order valence-corrected chi connectivity index (χ4v) is 4.74. The van der Waals surface area contributed by atoms with Crippen molar-refractivity contribution < 1.29 is 19.1 Å². The van der Waals surface area contributed by atoms with Crippen LogP contribution in [0.25, 0.3) is 10.8 Å². The number of nitrogens with one attached hydrogen (secondary N) is 3. The maximum Gasteiger partial charge on any atom is 0.274 e. The maximum absolute atomic E-state index is 13.3. The molecule has 4 rings (SSSR count). The standard InChI is InChI=1S/C24H31N5O5/c1-16-20(30)25-11-15-34-14-5-4-8-24(23(33)26-16)9-12-29(13-10-24)22(32)19-17-6-2-3-7-18(17)21(31)28-27-19/h2-3,6-7,16H,4-5,8-15H2,1H3,(H,25,30)(H,26,33)(H,28,31)/t16-/m0/s1. The quantitative estimate of drug-likeness (QED) is 0.570. The Balaban J connectivity index is 1.51. The molecule has 2 aromatic rings. The summed E-state index contributed by atoms with van der Waals surface area (Å²) in [5, 5.41) is 13.0. The van der Waals surface area contributed by atoms with Crippen molar-refractivity contribution in [2.75, 3.05) is 32.8 Å². The summed E-state index contributed by atoms with van der Waals surface area (Å²) in [7, 11) is 0. The first kappa shape index (κ1) is 23.9. The molecule has 1 aromatic carbocycles. The van der Waals surface area contributed by atoms with Gasteiger partial charge in [0.15, 0.2) is 5.69 Å². The number of amides is 3. The molecule has 0 unspecified atom stereocenters. The van der Waals surface area contributed by atoms with E-state index in [1.54, 1.807) is 36.1 Å². The lowest BCUT2D eigenvalue weighted by Gasteiger charge is -2.41. The van der Waals surface area contributed by atoms with E-state index in [0.29, 0.717) is 62.9 Å². The number of nitrogens with zero attached hydrogens (tertiary/aromatic N) is 2. The first-order valence-corrected chi connectivity index (χ1v) is 11.8. The van der Waals surface area contributed by atoms with Crippen LogP contribution in [0, 0.1) is 5.41 Å². The zero-order valence-corrected chi connectivity index (χ0v) is 19.4. The number of aromatic nitrogens is 2. The van der Waals surface area contributed by atoms with Gasteiger partial charge in [-0.15, -0.1) is 0 Å². The van der Waals surface area contributed by atoms with Crippen LogP contribution in [0.5, 0.6) is 0 Å². The summed E-state index contributed by atoms with van der Waals surface area (Å²) in [6, 6.07) is 6.24. The van der Waals surface area contributed by atoms with Crippen molar-refractivity contribution in [3.05, 3.63) is 40.3 Å². The van der Waals surface area contributed by atoms with Crippen molar-refractivity contribution >= 4 is 28.5 Å². The van der Waals surface area contributed by atoms with Gasteiger partial charge in [-0.1, -0.05) is 24.6 Å². The van der Waals surface area contributed by atoms with E-state index < -0.39 is 11.5 Å². The van der Waals surface area contributed by atoms with Crippen LogP contribution in [0.2, 0.25) is 0 Å². The third-order valence-electron chi connectivity index (χ3n) is 6.87. The molecule has 10 heteroatoms. The van der Waals surface area contributed by atoms with Crippen LogP contribution in [0.15, 0.2) is 29.1 Å². The molecule has 2 aliphatic rings. The monoisotopic (exact) mass is 469 g/mol. The van der Waals surface area contributed by atoms with Crippen molar-refractivity contribution in [3.8, 4) is 0 Å². The first-order valence-electron chi connectivity index (χ1n) is 11.8. The van der Waals surface area contributed by atoms with Crippen LogP contribution in [-0.2, 0) is 14.3 Å². The lowest BCUT2D eigenvalue weighted by Crippen LogP contribution is -2.54. The molecule has 34 heavy (non-hydrogen) atoms. The highest BCUT2D eigenvalue weighted by Crippen LogP contribution is 2.37. The minimum Gasteiger partial charge on any atom is -0.380 e. The van der Waals surface area contributed by atoms with Gasteiger partial charge in [-0.2, -0.15) is 5.10 Å². The number of hydrogen-bond donors (Lipinski definition) is 3. The van der Waals surface area contributed by atoms with E-state index in [2.05, 4.69) is 20.8 Å². The molecular weight excluding hydrogens is 438 g/mol. The number of rotatable bonds is 1. The van der Waals surface area contributed by atoms with Gasteiger partial charge in [-0.3, -0.25) is 19.2 Å². The number of hydrogen-bond acceptors (Lipinski definition) is 6. The van der Waals surface area contributed by atoms with Gasteiger partial charge in [0.25, 0.3) is 11.5 Å². The molecule has 182 valence electrons. The van der Waals surface area contributed by atoms with Crippen LogP contribution in [0.1, 0.15) is 49.5 Å². The van der Waals surface area contributed by atoms with Crippen molar-refractivity contribution in [3.63, 3.8) is 0 Å². The highest BCUT2D eigenvalue weighted by atomic mass is 16.5. The Bertz CT molecular complexity index is 1120. The van der Waals surface area contributed by atoms with Crippen LogP contribution in [0.4, 0.5) is 0 Å². The minimum absolute atomic E-state index is 0.143. The molecule has 0 saturated carbocycles. The lowest BCUT2D eigenvalue weighted by molar-refractivity contribution is -0.137. The summed E-state index contributed by atoms with van der Waals surface area (Å²) >= 11 is 0. The molecule has 0 bridgehead atoms. The van der Waals surface area contributed by atoms with E-state index in [4.69, 9.17) is 4.74 Å². The molecule has 2 saturated heterocycles. The average molecular weight is 470 g/mol. The van der Waals surface area contributed by atoms with E-state index in [9.17, 15) is 19.2 Å². The number of carbonyl (C=O) groups is 3. The van der Waals surface area contributed by atoms with E-state index in [0.717, 1.165) is 12.8 Å². The molecule has 10 nitrogen and oxygen atoms in total. The average Bonchev–Trinajstić information content (AvgIpc) is 2.86. The topological polar surface area (TPSA) is 133 Å². The predicted octanol–water partition coefficient (Wildman–Crippen LogP) is 0.967. The summed E-state index contributed by atoms with van der Waals surface area (Å²) in [5.41, 5.74) is -0.791. The Kier molecular flexibility index (Phi) is 7.26. The number of ether oxygens (including phenoxy) is 1. The third kappa shape index (κ3) is 4.96. The van der Waals surface area contributed by atoms with E-state index in [-0.39, 0.29) is 29.0 Å². The van der Waals surface area contributed by atoms with Gasteiger partial charge in [0.2, 0.25) is 11.8 Å². The van der Waals surface area contributed by atoms with Crippen LogP contribution in [0.3, 0.4) is 0 Å². The van der Waals surface area contributed by atoms with Gasteiger partial charge < -0.3 is 20.3 Å². The van der Waals surface area contributed by atoms with Crippen LogP contribution < -0.4 is 16.2 Å². The molecule has 3 heterocycles. The van der Waals surface area contributed by atoms with Crippen molar-refractivity contribution in [1.29, 1.82) is 0 Å². The Labute approximate surface area is 197 Å². The molecule has 1 atom stereocenters. The van der Waals surface area contributed by atoms with E-state index >= 15 is 0 Å². The van der Waals surface area contributed by atoms with Crippen molar-refractivity contribution in [2.24, 2.45) is 5.41 Å². The first-order chi connectivity index (χ1) is 16.4. The number of likely N-dealkylation sites (tertiary alicyclic amines) is 1. The molecule has 1 aromatic heterocycles. The Hall–Kier alpha value is -3.27.